The molecule has 0 bridgehead atoms. The Balaban J connectivity index is 1.17. The average Bonchev–Trinajstić information content (AvgIpc) is 3.92. The Morgan fingerprint density at radius 3 is 2.24 bits per heavy atom. The zero-order valence-electron chi connectivity index (χ0n) is 39.5. The molecule has 4 aliphatic rings. The number of β-lactam (4-membered cyclic amide) rings is 1. The number of rotatable bonds is 26. The molecule has 2 fully saturated rings. The van der Waals surface area contributed by atoms with Gasteiger partial charge in [-0.3, -0.25) is 33.7 Å². The fourth-order valence-corrected chi connectivity index (χ4v) is 11.1. The molecule has 1 aromatic carbocycles. The summed E-state index contributed by atoms with van der Waals surface area (Å²) in [5.41, 5.74) is 5.89. The predicted octanol–water partition coefficient (Wildman–Crippen LogP) is 1.03. The summed E-state index contributed by atoms with van der Waals surface area (Å²) < 4.78 is 31.5. The summed E-state index contributed by atoms with van der Waals surface area (Å²) in [6.45, 7) is 6.72. The number of amides is 8. The van der Waals surface area contributed by atoms with E-state index in [-0.39, 0.29) is 93.6 Å². The Bertz CT molecular complexity index is 2340. The van der Waals surface area contributed by atoms with E-state index in [1.54, 1.807) is 45.0 Å². The van der Waals surface area contributed by atoms with Gasteiger partial charge in [-0.2, -0.15) is 8.42 Å². The van der Waals surface area contributed by atoms with Crippen LogP contribution in [0.15, 0.2) is 47.0 Å². The number of carbonyl (C=O) groups is 9. The number of nitrogens with one attached hydrogen (secondary N) is 4. The molecule has 70 heavy (non-hydrogen) atoms. The van der Waals surface area contributed by atoms with E-state index in [4.69, 9.17) is 15.6 Å². The van der Waals surface area contributed by atoms with Crippen molar-refractivity contribution in [3.63, 3.8) is 0 Å². The number of thioether (sulfide) groups is 1. The fraction of sp³-hybridized carbons (Fsp3) is 0.578. The first-order chi connectivity index (χ1) is 33.0. The Hall–Kier alpha value is -5.89. The number of Topliss-reactive ketones (excluding diaryl/α,β-unsaturated/α-hetero) is 1. The lowest BCUT2D eigenvalue weighted by Gasteiger charge is -2.46. The van der Waals surface area contributed by atoms with Gasteiger partial charge in [0.2, 0.25) is 17.7 Å². The van der Waals surface area contributed by atoms with Crippen molar-refractivity contribution in [1.29, 1.82) is 0 Å². The van der Waals surface area contributed by atoms with Crippen molar-refractivity contribution in [3.05, 3.63) is 52.6 Å². The standard InChI is InChI=1S/C45H63N9O14S2/c1-24(2)37(51-33(57)10-6-5-7-18-52-34(58)15-16-35(52)59)32(56)19-28(9-8-17-48-44(46)64)41(60)50-29-13-11-27(12-14-29)23-68-45(65)53-22-31(20-30(53)21-49-70(47,66)67)69-40-25(3)38-36(26(4)55)42(61)54(38)39(40)43(62)63/h11-16,24-26,28,30-31,36-38,49,55H,5-10,17-23H2,1-4H3,(H,50,60)(H,51,57)(H,62,63)(H3,46,48,64)(H2,47,66,67)/t25-,26-,28-,30+,31+,36-,37+,38-/m1/s1. The minimum atomic E-state index is -4.15. The second-order valence-electron chi connectivity index (χ2n) is 18.2. The highest BCUT2D eigenvalue weighted by atomic mass is 32.2. The maximum absolute atomic E-state index is 13.7. The number of likely N-dealkylation sites (tertiary alicyclic amines) is 1. The van der Waals surface area contributed by atoms with Crippen molar-refractivity contribution in [3.8, 4) is 0 Å². The molecule has 1 aromatic rings. The van der Waals surface area contributed by atoms with Crippen molar-refractivity contribution in [2.24, 2.45) is 34.5 Å². The molecular formula is C45H63N9O14S2. The molecule has 384 valence electrons. The molecular weight excluding hydrogens is 955 g/mol. The Morgan fingerprint density at radius 1 is 0.971 bits per heavy atom. The third kappa shape index (κ3) is 14.4. The first-order valence-electron chi connectivity index (χ1n) is 23.1. The van der Waals surface area contributed by atoms with Crippen molar-refractivity contribution in [2.75, 3.05) is 31.5 Å². The number of aliphatic carboxylic acids is 1. The smallest absolute Gasteiger partial charge is 0.410 e. The quantitative estimate of drug-likeness (QED) is 0.0365. The highest BCUT2D eigenvalue weighted by Gasteiger charge is 2.60. The van der Waals surface area contributed by atoms with Gasteiger partial charge in [0.15, 0.2) is 5.78 Å². The molecule has 4 aliphatic heterocycles. The highest BCUT2D eigenvalue weighted by molar-refractivity contribution is 8.03. The van der Waals surface area contributed by atoms with Crippen LogP contribution in [0.25, 0.3) is 0 Å². The predicted molar refractivity (Wildman–Crippen MR) is 254 cm³/mol. The van der Waals surface area contributed by atoms with Gasteiger partial charge in [-0.15, -0.1) is 11.8 Å². The molecule has 23 nitrogen and oxygen atoms in total. The summed E-state index contributed by atoms with van der Waals surface area (Å²) in [5.74, 6) is -6.14. The molecule has 4 heterocycles. The molecule has 0 unspecified atom stereocenters. The van der Waals surface area contributed by atoms with Gasteiger partial charge in [0.05, 0.1) is 24.1 Å². The number of hydrogen-bond donors (Lipinski definition) is 8. The number of aliphatic hydroxyl groups is 1. The summed E-state index contributed by atoms with van der Waals surface area (Å²) in [4.78, 5) is 118. The van der Waals surface area contributed by atoms with Gasteiger partial charge in [0, 0.05) is 84.9 Å². The minimum Gasteiger partial charge on any atom is -0.477 e. The Morgan fingerprint density at radius 2 is 1.64 bits per heavy atom. The number of imide groups is 1. The number of fused-ring (bicyclic) bond motifs is 1. The number of urea groups is 1. The normalized spacial score (nSPS) is 22.2. The van der Waals surface area contributed by atoms with E-state index >= 15 is 0 Å². The Labute approximate surface area is 410 Å². The SMILES string of the molecule is CC(C)[C@H](NC(=O)CCCCCN1C(=O)C=CC1=O)C(=O)C[C@@H](CCCNC(N)=O)C(=O)Nc1ccc(COC(=O)N2C[C@@H](SC3=C(C(=O)O)N4C(=O)[C@H]([C@@H](C)O)[C@H]4[C@H]3C)C[C@H]2CNS(N)(=O)=O)cc1. The van der Waals surface area contributed by atoms with Gasteiger partial charge in [-0.05, 0) is 62.6 Å². The largest absolute Gasteiger partial charge is 0.477 e. The molecule has 0 aliphatic carbocycles. The van der Waals surface area contributed by atoms with E-state index < -0.39 is 87.4 Å². The second-order valence-corrected chi connectivity index (χ2v) is 21.0. The number of anilines is 1. The molecule has 0 aromatic heterocycles. The van der Waals surface area contributed by atoms with Gasteiger partial charge in [0.25, 0.3) is 22.0 Å². The van der Waals surface area contributed by atoms with E-state index in [1.165, 1.54) is 40.6 Å². The van der Waals surface area contributed by atoms with Gasteiger partial charge in [0.1, 0.15) is 12.3 Å². The number of ether oxygens (including phenoxy) is 1. The summed E-state index contributed by atoms with van der Waals surface area (Å²) in [6.07, 6.45) is 2.77. The van der Waals surface area contributed by atoms with Crippen LogP contribution in [0.4, 0.5) is 15.3 Å². The van der Waals surface area contributed by atoms with Gasteiger partial charge < -0.3 is 46.4 Å². The first-order valence-corrected chi connectivity index (χ1v) is 25.5. The number of nitrogens with two attached hydrogens (primary N) is 2. The van der Waals surface area contributed by atoms with E-state index in [0.717, 1.165) is 4.90 Å². The maximum Gasteiger partial charge on any atom is 0.410 e. The van der Waals surface area contributed by atoms with Crippen LogP contribution in [0.2, 0.25) is 0 Å². The van der Waals surface area contributed by atoms with Crippen molar-refractivity contribution in [1.82, 2.24) is 30.1 Å². The van der Waals surface area contributed by atoms with Crippen LogP contribution >= 0.6 is 11.8 Å². The summed E-state index contributed by atoms with van der Waals surface area (Å²) in [5, 5.41) is 33.2. The van der Waals surface area contributed by atoms with Crippen molar-refractivity contribution < 1.29 is 66.5 Å². The number of aliphatic hydroxyl groups excluding tert-OH is 1. The average molecular weight is 1020 g/mol. The number of primary amides is 1. The van der Waals surface area contributed by atoms with Crippen LogP contribution in [-0.2, 0) is 55.1 Å². The van der Waals surface area contributed by atoms with E-state index in [1.807, 2.05) is 0 Å². The molecule has 25 heteroatoms. The van der Waals surface area contributed by atoms with Gasteiger partial charge in [-0.25, -0.2) is 24.2 Å². The van der Waals surface area contributed by atoms with Crippen LogP contribution in [-0.4, -0.2) is 142 Å². The lowest BCUT2D eigenvalue weighted by molar-refractivity contribution is -0.163. The number of benzene rings is 1. The number of carboxylic acids is 1. The van der Waals surface area contributed by atoms with E-state index in [0.29, 0.717) is 41.8 Å². The van der Waals surface area contributed by atoms with Crippen molar-refractivity contribution in [2.45, 2.75) is 115 Å². The first kappa shape index (κ1) is 55.0. The van der Waals surface area contributed by atoms with E-state index in [2.05, 4.69) is 20.7 Å². The lowest BCUT2D eigenvalue weighted by atomic mass is 9.79. The fourth-order valence-electron chi connectivity index (χ4n) is 9.11. The molecule has 0 radical (unpaired) electrons. The third-order valence-electron chi connectivity index (χ3n) is 12.7. The molecule has 0 saturated carbocycles. The van der Waals surface area contributed by atoms with Crippen LogP contribution in [0, 0.1) is 23.7 Å². The molecule has 0 spiro atoms. The molecule has 8 atom stereocenters. The number of nitrogens with zero attached hydrogens (tertiary/aromatic N) is 3. The van der Waals surface area contributed by atoms with Crippen LogP contribution < -0.4 is 31.5 Å². The second kappa shape index (κ2) is 24.3. The number of hydrogen-bond acceptors (Lipinski definition) is 14. The maximum atomic E-state index is 13.7. The molecule has 2 saturated heterocycles. The Kier molecular flexibility index (Phi) is 19.1. The summed E-state index contributed by atoms with van der Waals surface area (Å²) >= 11 is 1.18. The van der Waals surface area contributed by atoms with Crippen molar-refractivity contribution >= 4 is 81.1 Å². The van der Waals surface area contributed by atoms with Gasteiger partial charge >= 0.3 is 18.1 Å². The summed E-state index contributed by atoms with van der Waals surface area (Å²) in [7, 11) is -4.15. The topological polar surface area (TPSA) is 347 Å². The molecule has 8 amide bonds. The minimum absolute atomic E-state index is 0.0344. The number of unbranched alkanes of at least 4 members (excludes halogenated alkanes) is 2. The highest BCUT2D eigenvalue weighted by Crippen LogP contribution is 2.52. The zero-order chi connectivity index (χ0) is 51.6. The lowest BCUT2D eigenvalue weighted by Crippen LogP contribution is -2.63. The van der Waals surface area contributed by atoms with E-state index in [9.17, 15) is 61.8 Å². The summed E-state index contributed by atoms with van der Waals surface area (Å²) in [6, 6.07) is 3.41. The van der Waals surface area contributed by atoms with Crippen LogP contribution in [0.5, 0.6) is 0 Å². The molecule has 5 rings (SSSR count). The van der Waals surface area contributed by atoms with Crippen LogP contribution in [0.3, 0.4) is 0 Å². The number of carbonyl (C=O) groups excluding carboxylic acids is 8. The molecule has 10 N–H and O–H groups in total. The van der Waals surface area contributed by atoms with Crippen LogP contribution in [0.1, 0.15) is 84.6 Å². The zero-order valence-corrected chi connectivity index (χ0v) is 41.1. The number of ketones is 1. The third-order valence-corrected chi connectivity index (χ3v) is 14.7. The van der Waals surface area contributed by atoms with Gasteiger partial charge in [-0.1, -0.05) is 39.3 Å². The number of carboxylic acid groups (broad SMARTS) is 1. The monoisotopic (exact) mass is 1020 g/mol.